The lowest BCUT2D eigenvalue weighted by molar-refractivity contribution is -0.394. The first-order valence-corrected chi connectivity index (χ1v) is 18.3. The molecule has 1 aliphatic heterocycles. The second-order valence-electron chi connectivity index (χ2n) is 12.6. The molecule has 12 nitrogen and oxygen atoms in total. The van der Waals surface area contributed by atoms with E-state index in [1.54, 1.807) is 12.3 Å². The minimum atomic E-state index is -2.13. The lowest BCUT2D eigenvalue weighted by Crippen LogP contribution is -2.48. The van der Waals surface area contributed by atoms with E-state index in [4.69, 9.17) is 13.6 Å². The van der Waals surface area contributed by atoms with Crippen LogP contribution >= 0.6 is 0 Å². The third-order valence-electron chi connectivity index (χ3n) is 7.85. The fraction of sp³-hybridized carbons (Fsp3) is 0.739. The number of ether oxygens (including phenoxy) is 1. The van der Waals surface area contributed by atoms with Gasteiger partial charge in [0.2, 0.25) is 6.33 Å². The molecule has 3 heterocycles. The minimum absolute atomic E-state index is 0.0103. The van der Waals surface area contributed by atoms with E-state index in [0.717, 1.165) is 11.0 Å². The Morgan fingerprint density at radius 1 is 1.14 bits per heavy atom. The Morgan fingerprint density at radius 2 is 1.76 bits per heavy atom. The van der Waals surface area contributed by atoms with Crippen LogP contribution in [0.15, 0.2) is 23.4 Å². The zero-order valence-corrected chi connectivity index (χ0v) is 25.5. The topological polar surface area (TPSA) is 136 Å². The number of hydrogen-bond donors (Lipinski definition) is 0. The molecule has 14 heteroatoms. The molecule has 1 saturated heterocycles. The third-order valence-corrected chi connectivity index (χ3v) is 16.9. The van der Waals surface area contributed by atoms with Gasteiger partial charge in [-0.25, -0.2) is 4.79 Å². The quantitative estimate of drug-likeness (QED) is 0.264. The van der Waals surface area contributed by atoms with E-state index in [-0.39, 0.29) is 28.1 Å². The first-order valence-electron chi connectivity index (χ1n) is 12.5. The molecule has 0 aliphatic carbocycles. The molecule has 0 aromatic carbocycles. The Labute approximate surface area is 219 Å². The van der Waals surface area contributed by atoms with E-state index >= 15 is 0 Å². The largest absolute Gasteiger partial charge is 0.491 e. The molecule has 37 heavy (non-hydrogen) atoms. The van der Waals surface area contributed by atoms with Crippen LogP contribution in [0.1, 0.15) is 54.2 Å². The van der Waals surface area contributed by atoms with E-state index in [9.17, 15) is 14.9 Å². The van der Waals surface area contributed by atoms with Crippen LogP contribution in [0.2, 0.25) is 36.3 Å². The molecular formula is C23H40N6O6Si2. The van der Waals surface area contributed by atoms with Crippen molar-refractivity contribution in [2.45, 2.75) is 103 Å². The van der Waals surface area contributed by atoms with E-state index < -0.39 is 39.4 Å². The number of rotatable bonds is 8. The molecule has 3 rings (SSSR count). The van der Waals surface area contributed by atoms with Crippen molar-refractivity contribution in [3.63, 3.8) is 0 Å². The minimum Gasteiger partial charge on any atom is -0.414 e. The molecule has 0 amide bonds. The Hall–Kier alpha value is -2.27. The smallest absolute Gasteiger partial charge is 0.414 e. The van der Waals surface area contributed by atoms with Crippen LogP contribution in [0.5, 0.6) is 0 Å². The molecule has 3 atom stereocenters. The van der Waals surface area contributed by atoms with Crippen LogP contribution in [0.3, 0.4) is 0 Å². The molecule has 206 valence electrons. The maximum absolute atomic E-state index is 13.0. The van der Waals surface area contributed by atoms with Crippen molar-refractivity contribution in [2.24, 2.45) is 0 Å². The van der Waals surface area contributed by atoms with Crippen LogP contribution in [0.4, 0.5) is 5.95 Å². The standard InChI is InChI=1S/C23H40N6O6Si2/c1-22(2,3)36(7,8)33-14-17-16(35-37(9,10)23(4,5)6)13-19(34-17)27-12-11-18(25-21(27)30)28-15-24-20(26-28)29(31)32/h11-12,15-17,19H,13-14H2,1-10H3/t16-,17+,19+/m0/s1. The first kappa shape index (κ1) is 29.3. The summed E-state index contributed by atoms with van der Waals surface area (Å²) in [4.78, 5) is 30.8. The molecule has 1 fully saturated rings. The zero-order valence-electron chi connectivity index (χ0n) is 23.5. The average Bonchev–Trinajstić information content (AvgIpc) is 3.38. The second kappa shape index (κ2) is 10.1. The highest BCUT2D eigenvalue weighted by Crippen LogP contribution is 2.42. The highest BCUT2D eigenvalue weighted by Gasteiger charge is 2.46. The van der Waals surface area contributed by atoms with Crippen molar-refractivity contribution < 1.29 is 18.5 Å². The van der Waals surface area contributed by atoms with Crippen LogP contribution < -0.4 is 5.69 Å². The molecule has 2 aromatic rings. The van der Waals surface area contributed by atoms with Gasteiger partial charge in [-0.05, 0) is 41.2 Å². The molecule has 2 aromatic heterocycles. The summed E-state index contributed by atoms with van der Waals surface area (Å²) in [6, 6.07) is 1.55. The first-order chi connectivity index (χ1) is 16.8. The lowest BCUT2D eigenvalue weighted by Gasteiger charge is -2.40. The Balaban J connectivity index is 1.86. The Morgan fingerprint density at radius 3 is 2.27 bits per heavy atom. The molecule has 0 unspecified atom stereocenters. The summed E-state index contributed by atoms with van der Waals surface area (Å²) in [7, 11) is -4.16. The van der Waals surface area contributed by atoms with E-state index in [1.807, 2.05) is 0 Å². The predicted molar refractivity (Wildman–Crippen MR) is 144 cm³/mol. The van der Waals surface area contributed by atoms with Gasteiger partial charge < -0.3 is 23.7 Å². The van der Waals surface area contributed by atoms with E-state index in [2.05, 4.69) is 82.8 Å². The van der Waals surface area contributed by atoms with E-state index in [1.165, 1.54) is 4.57 Å². The van der Waals surface area contributed by atoms with Crippen LogP contribution in [0, 0.1) is 10.1 Å². The maximum Gasteiger partial charge on any atom is 0.491 e. The van der Waals surface area contributed by atoms with Gasteiger partial charge in [0.25, 0.3) is 0 Å². The lowest BCUT2D eigenvalue weighted by atomic mass is 10.2. The van der Waals surface area contributed by atoms with Gasteiger partial charge in [0, 0.05) is 23.8 Å². The van der Waals surface area contributed by atoms with Crippen molar-refractivity contribution in [1.29, 1.82) is 0 Å². The molecule has 0 spiro atoms. The summed E-state index contributed by atoms with van der Waals surface area (Å²) in [5.41, 5.74) is -0.558. The fourth-order valence-corrected chi connectivity index (χ4v) is 5.78. The van der Waals surface area contributed by atoms with Crippen LogP contribution in [0.25, 0.3) is 5.82 Å². The predicted octanol–water partition coefficient (Wildman–Crippen LogP) is 4.43. The molecule has 0 bridgehead atoms. The highest BCUT2D eigenvalue weighted by molar-refractivity contribution is 6.74. The number of aromatic nitrogens is 5. The van der Waals surface area contributed by atoms with Gasteiger partial charge in [-0.3, -0.25) is 4.57 Å². The van der Waals surface area contributed by atoms with Gasteiger partial charge >= 0.3 is 11.6 Å². The van der Waals surface area contributed by atoms with Crippen molar-refractivity contribution in [2.75, 3.05) is 6.61 Å². The summed E-state index contributed by atoms with van der Waals surface area (Å²) in [5.74, 6) is -0.438. The maximum atomic E-state index is 13.0. The fourth-order valence-electron chi connectivity index (χ4n) is 3.41. The highest BCUT2D eigenvalue weighted by atomic mass is 28.4. The van der Waals surface area contributed by atoms with Gasteiger partial charge in [0.05, 0.1) is 12.7 Å². The summed E-state index contributed by atoms with van der Waals surface area (Å²) in [6.45, 7) is 22.3. The molecular weight excluding hydrogens is 512 g/mol. The molecule has 0 radical (unpaired) electrons. The summed E-state index contributed by atoms with van der Waals surface area (Å²) in [5, 5.41) is 14.7. The van der Waals surface area contributed by atoms with Gasteiger partial charge in [-0.1, -0.05) is 46.5 Å². The Bertz CT molecular complexity index is 1180. The normalized spacial score (nSPS) is 21.4. The Kier molecular flexibility index (Phi) is 8.02. The van der Waals surface area contributed by atoms with Crippen molar-refractivity contribution in [1.82, 2.24) is 24.3 Å². The zero-order chi connectivity index (χ0) is 28.0. The number of hydrogen-bond acceptors (Lipinski definition) is 9. The third kappa shape index (κ3) is 6.42. The van der Waals surface area contributed by atoms with Crippen molar-refractivity contribution >= 4 is 22.6 Å². The average molecular weight is 553 g/mol. The summed E-state index contributed by atoms with van der Waals surface area (Å²) < 4.78 is 22.2. The molecule has 0 saturated carbocycles. The summed E-state index contributed by atoms with van der Waals surface area (Å²) in [6.07, 6.45) is 2.03. The van der Waals surface area contributed by atoms with Crippen molar-refractivity contribution in [3.8, 4) is 5.82 Å². The van der Waals surface area contributed by atoms with Gasteiger partial charge in [-0.15, -0.1) is 4.68 Å². The number of nitrogens with zero attached hydrogens (tertiary/aromatic N) is 6. The molecule has 1 aliphatic rings. The summed E-state index contributed by atoms with van der Waals surface area (Å²) >= 11 is 0. The van der Waals surface area contributed by atoms with E-state index in [0.29, 0.717) is 13.0 Å². The molecule has 0 N–H and O–H groups in total. The van der Waals surface area contributed by atoms with Crippen LogP contribution in [-0.4, -0.2) is 64.7 Å². The SMILES string of the molecule is CC(C)(C)[Si](C)(C)OC[C@H]1O[C@@H](n2ccc(-n3cnc([N+](=O)[O-])n3)nc2=O)C[C@@H]1O[Si](C)(C)C(C)(C)C. The van der Waals surface area contributed by atoms with Gasteiger partial charge in [-0.2, -0.15) is 4.98 Å². The number of nitro groups is 1. The van der Waals surface area contributed by atoms with Crippen LogP contribution in [-0.2, 0) is 13.6 Å². The van der Waals surface area contributed by atoms with Gasteiger partial charge in [0.1, 0.15) is 12.3 Å². The second-order valence-corrected chi connectivity index (χ2v) is 22.1. The van der Waals surface area contributed by atoms with Gasteiger partial charge in [0.15, 0.2) is 22.5 Å². The van der Waals surface area contributed by atoms with Crippen molar-refractivity contribution in [3.05, 3.63) is 39.2 Å². The monoisotopic (exact) mass is 552 g/mol.